The van der Waals surface area contributed by atoms with Gasteiger partial charge in [-0.05, 0) is 30.7 Å². The molecule has 2 N–H and O–H groups in total. The molecule has 0 amide bonds. The summed E-state index contributed by atoms with van der Waals surface area (Å²) in [5.74, 6) is -0.663. The molecule has 2 aromatic carbocycles. The highest BCUT2D eigenvalue weighted by atomic mass is 16.6. The number of carboxylic acid groups (broad SMARTS) is 1. The summed E-state index contributed by atoms with van der Waals surface area (Å²) in [5, 5.41) is 12.3. The summed E-state index contributed by atoms with van der Waals surface area (Å²) in [4.78, 5) is 23.4. The molecular formula is C19H19NO6. The van der Waals surface area contributed by atoms with Gasteiger partial charge in [0.05, 0.1) is 26.3 Å². The molecule has 1 unspecified atom stereocenters. The Kier molecular flexibility index (Phi) is 4.71. The van der Waals surface area contributed by atoms with Gasteiger partial charge >= 0.3 is 11.9 Å². The predicted octanol–water partition coefficient (Wildman–Crippen LogP) is 3.03. The lowest BCUT2D eigenvalue weighted by atomic mass is 10.0. The van der Waals surface area contributed by atoms with Crippen molar-refractivity contribution in [3.05, 3.63) is 52.6 Å². The molecule has 7 nitrogen and oxygen atoms in total. The van der Waals surface area contributed by atoms with E-state index in [1.165, 1.54) is 14.2 Å². The summed E-state index contributed by atoms with van der Waals surface area (Å²) in [6.07, 6.45) is -0.509. The zero-order valence-electron chi connectivity index (χ0n) is 14.7. The summed E-state index contributed by atoms with van der Waals surface area (Å²) in [6.45, 7) is 2.18. The molecule has 0 aliphatic carbocycles. The Hall–Kier alpha value is -3.22. The van der Waals surface area contributed by atoms with Crippen molar-refractivity contribution in [3.8, 4) is 11.5 Å². The van der Waals surface area contributed by atoms with Gasteiger partial charge in [0.25, 0.3) is 0 Å². The Labute approximate surface area is 150 Å². The highest BCUT2D eigenvalue weighted by molar-refractivity contribution is 5.98. The second-order valence-electron chi connectivity index (χ2n) is 5.88. The van der Waals surface area contributed by atoms with Gasteiger partial charge in [0.2, 0.25) is 0 Å². The van der Waals surface area contributed by atoms with Crippen LogP contribution < -0.4 is 14.8 Å². The number of methoxy groups -OCH3 is 2. The number of nitrogens with one attached hydrogen (secondary N) is 1. The molecular weight excluding hydrogens is 338 g/mol. The number of cyclic esters (lactones) is 1. The molecule has 7 heteroatoms. The molecule has 3 rings (SSSR count). The minimum absolute atomic E-state index is 0.188. The third kappa shape index (κ3) is 3.03. The van der Waals surface area contributed by atoms with Crippen LogP contribution in [0.5, 0.6) is 11.5 Å². The van der Waals surface area contributed by atoms with Crippen LogP contribution in [0.1, 0.15) is 37.9 Å². The van der Waals surface area contributed by atoms with Crippen LogP contribution in [0, 0.1) is 6.92 Å². The molecule has 2 aromatic rings. The topological polar surface area (TPSA) is 94.1 Å². The van der Waals surface area contributed by atoms with Gasteiger partial charge in [-0.25, -0.2) is 9.59 Å². The van der Waals surface area contributed by atoms with Gasteiger partial charge in [-0.1, -0.05) is 12.1 Å². The lowest BCUT2D eigenvalue weighted by Gasteiger charge is -2.15. The van der Waals surface area contributed by atoms with Crippen LogP contribution in [-0.4, -0.2) is 37.8 Å². The summed E-state index contributed by atoms with van der Waals surface area (Å²) < 4.78 is 16.0. The highest BCUT2D eigenvalue weighted by Gasteiger charge is 2.35. The average molecular weight is 357 g/mol. The molecule has 0 spiro atoms. The Morgan fingerprint density at radius 3 is 2.65 bits per heavy atom. The van der Waals surface area contributed by atoms with Crippen molar-refractivity contribution in [3.63, 3.8) is 0 Å². The quantitative estimate of drug-likeness (QED) is 0.767. The number of hydrogen-bond donors (Lipinski definition) is 2. The zero-order chi connectivity index (χ0) is 18.8. The first-order valence-corrected chi connectivity index (χ1v) is 8.00. The number of carbonyl (C=O) groups excluding carboxylic acids is 1. The van der Waals surface area contributed by atoms with Crippen molar-refractivity contribution in [2.75, 3.05) is 26.1 Å². The third-order valence-electron chi connectivity index (χ3n) is 4.34. The number of hydrogen-bond acceptors (Lipinski definition) is 6. The summed E-state index contributed by atoms with van der Waals surface area (Å²) in [7, 11) is 2.97. The highest BCUT2D eigenvalue weighted by Crippen LogP contribution is 2.41. The van der Waals surface area contributed by atoms with Gasteiger partial charge in [-0.3, -0.25) is 0 Å². The normalized spacial score (nSPS) is 15.2. The number of ether oxygens (including phenoxy) is 3. The molecule has 136 valence electrons. The minimum atomic E-state index is -0.998. The van der Waals surface area contributed by atoms with Crippen LogP contribution in [-0.2, 0) is 4.74 Å². The molecule has 1 aliphatic heterocycles. The maximum atomic E-state index is 12.3. The molecule has 1 aliphatic rings. The van der Waals surface area contributed by atoms with Crippen molar-refractivity contribution in [2.45, 2.75) is 13.0 Å². The van der Waals surface area contributed by atoms with Crippen molar-refractivity contribution >= 4 is 17.6 Å². The van der Waals surface area contributed by atoms with Gasteiger partial charge in [0.1, 0.15) is 11.7 Å². The third-order valence-corrected chi connectivity index (χ3v) is 4.34. The fourth-order valence-electron chi connectivity index (χ4n) is 2.97. The number of rotatable bonds is 6. The first-order chi connectivity index (χ1) is 12.5. The van der Waals surface area contributed by atoms with Crippen molar-refractivity contribution < 1.29 is 28.9 Å². The van der Waals surface area contributed by atoms with Gasteiger partial charge in [-0.2, -0.15) is 0 Å². The summed E-state index contributed by atoms with van der Waals surface area (Å²) in [6, 6.07) is 8.33. The number of anilines is 1. The maximum absolute atomic E-state index is 12.3. The van der Waals surface area contributed by atoms with Crippen molar-refractivity contribution in [1.29, 1.82) is 0 Å². The standard InChI is InChI=1S/C19H19NO6/c1-10-4-5-11(18(21)22)8-13(10)20-9-15-12-6-7-14(24-2)17(25-3)16(12)19(23)26-15/h4-8,15,20H,9H2,1-3H3,(H,21,22). The fourth-order valence-corrected chi connectivity index (χ4v) is 2.97. The largest absolute Gasteiger partial charge is 0.493 e. The lowest BCUT2D eigenvalue weighted by Crippen LogP contribution is -2.13. The van der Waals surface area contributed by atoms with Crippen LogP contribution in [0.2, 0.25) is 0 Å². The van der Waals surface area contributed by atoms with Crippen LogP contribution in [0.4, 0.5) is 5.69 Å². The Bertz CT molecular complexity index is 877. The van der Waals surface area contributed by atoms with E-state index in [-0.39, 0.29) is 5.56 Å². The molecule has 1 atom stereocenters. The van der Waals surface area contributed by atoms with Crippen LogP contribution in [0.15, 0.2) is 30.3 Å². The number of carbonyl (C=O) groups is 2. The van der Waals surface area contributed by atoms with E-state index in [4.69, 9.17) is 19.3 Å². The van der Waals surface area contributed by atoms with Gasteiger partial charge in [0.15, 0.2) is 11.5 Å². The molecule has 26 heavy (non-hydrogen) atoms. The van der Waals surface area contributed by atoms with E-state index in [1.807, 2.05) is 6.92 Å². The number of benzene rings is 2. The smallest absolute Gasteiger partial charge is 0.343 e. The van der Waals surface area contributed by atoms with Crippen LogP contribution in [0.3, 0.4) is 0 Å². The molecule has 0 saturated heterocycles. The monoisotopic (exact) mass is 357 g/mol. The van der Waals surface area contributed by atoms with E-state index in [9.17, 15) is 9.59 Å². The van der Waals surface area contributed by atoms with E-state index in [2.05, 4.69) is 5.32 Å². The summed E-state index contributed by atoms with van der Waals surface area (Å²) >= 11 is 0. The predicted molar refractivity (Wildman–Crippen MR) is 94.3 cm³/mol. The SMILES string of the molecule is COc1ccc2c(c1OC)C(=O)OC2CNc1cc(C(=O)O)ccc1C. The average Bonchev–Trinajstić information content (AvgIpc) is 2.96. The Morgan fingerprint density at radius 2 is 2.00 bits per heavy atom. The number of esters is 1. The number of aryl methyl sites for hydroxylation is 1. The molecule has 0 saturated carbocycles. The molecule has 0 bridgehead atoms. The van der Waals surface area contributed by atoms with Crippen LogP contribution >= 0.6 is 0 Å². The van der Waals surface area contributed by atoms with Gasteiger partial charge in [-0.15, -0.1) is 0 Å². The second kappa shape index (κ2) is 6.95. The molecule has 0 radical (unpaired) electrons. The molecule has 0 aromatic heterocycles. The number of aromatic carboxylic acids is 1. The second-order valence-corrected chi connectivity index (χ2v) is 5.88. The van der Waals surface area contributed by atoms with E-state index < -0.39 is 18.0 Å². The number of fused-ring (bicyclic) bond motifs is 1. The zero-order valence-corrected chi connectivity index (χ0v) is 14.7. The van der Waals surface area contributed by atoms with Crippen molar-refractivity contribution in [1.82, 2.24) is 0 Å². The Morgan fingerprint density at radius 1 is 1.23 bits per heavy atom. The van der Waals surface area contributed by atoms with E-state index in [1.54, 1.807) is 30.3 Å². The van der Waals surface area contributed by atoms with Crippen LogP contribution in [0.25, 0.3) is 0 Å². The first-order valence-electron chi connectivity index (χ1n) is 8.00. The molecule has 1 heterocycles. The minimum Gasteiger partial charge on any atom is -0.493 e. The first kappa shape index (κ1) is 17.6. The van der Waals surface area contributed by atoms with E-state index >= 15 is 0 Å². The molecule has 0 fully saturated rings. The fraction of sp³-hybridized carbons (Fsp3) is 0.263. The van der Waals surface area contributed by atoms with Crippen molar-refractivity contribution in [2.24, 2.45) is 0 Å². The van der Waals surface area contributed by atoms with Gasteiger partial charge in [0, 0.05) is 11.3 Å². The summed E-state index contributed by atoms with van der Waals surface area (Å²) in [5.41, 5.74) is 2.82. The Balaban J connectivity index is 1.85. The number of carboxylic acids is 1. The van der Waals surface area contributed by atoms with E-state index in [0.717, 1.165) is 5.56 Å². The lowest BCUT2D eigenvalue weighted by molar-refractivity contribution is 0.0408. The van der Waals surface area contributed by atoms with Gasteiger partial charge < -0.3 is 24.6 Å². The maximum Gasteiger partial charge on any atom is 0.343 e. The van der Waals surface area contributed by atoms with E-state index in [0.29, 0.717) is 34.9 Å².